The van der Waals surface area contributed by atoms with Gasteiger partial charge in [-0.2, -0.15) is 9.97 Å². The number of rotatable bonds is 15. The second-order valence-corrected chi connectivity index (χ2v) is 24.4. The lowest BCUT2D eigenvalue weighted by Gasteiger charge is -2.45. The number of carbonyl (C=O) groups excluding carboxylic acids is 1. The number of carbonyl (C=O) groups is 1. The summed E-state index contributed by atoms with van der Waals surface area (Å²) < 4.78 is 26.3. The number of piperazine rings is 1. The van der Waals surface area contributed by atoms with Crippen molar-refractivity contribution in [3.63, 3.8) is 0 Å². The van der Waals surface area contributed by atoms with Crippen molar-refractivity contribution in [2.24, 2.45) is 0 Å². The number of aromatic nitrogens is 2. The lowest BCUT2D eigenvalue weighted by atomic mass is 10.0. The van der Waals surface area contributed by atoms with E-state index in [-0.39, 0.29) is 17.2 Å². The summed E-state index contributed by atoms with van der Waals surface area (Å²) in [4.78, 5) is 33.0. The SMILES string of the molecule is CN(C)CCOc1nc2c(c(N3CCN(C(=O)OC(C)(C)C)C[C@@H]3CCO[Si](c3ccccc3)(c3ccccc3)C(C)(C)C)n1)CCN(c1cc(OCc3ccccc3)cc3ccccc13)C2. The normalized spacial score (nSPS) is 15.7. The van der Waals surface area contributed by atoms with Gasteiger partial charge in [0.25, 0.3) is 8.32 Å². The number of amides is 1. The van der Waals surface area contributed by atoms with Gasteiger partial charge < -0.3 is 38.2 Å². The maximum atomic E-state index is 13.8. The first-order valence-corrected chi connectivity index (χ1v) is 25.7. The van der Waals surface area contributed by atoms with E-state index >= 15 is 0 Å². The van der Waals surface area contributed by atoms with Crippen LogP contribution in [-0.4, -0.2) is 106 Å². The van der Waals surface area contributed by atoms with Gasteiger partial charge in [-0.3, -0.25) is 0 Å². The van der Waals surface area contributed by atoms with Crippen molar-refractivity contribution in [3.05, 3.63) is 144 Å². The average Bonchev–Trinajstić information content (AvgIpc) is 3.31. The fraction of sp³-hybridized carbons (Fsp3) is 0.400. The number of nitrogens with zero attached hydrogens (tertiary/aromatic N) is 6. The van der Waals surface area contributed by atoms with Gasteiger partial charge in [0, 0.05) is 62.0 Å². The van der Waals surface area contributed by atoms with Crippen LogP contribution in [0.5, 0.6) is 11.8 Å². The average molecular weight is 921 g/mol. The zero-order valence-corrected chi connectivity index (χ0v) is 41.7. The van der Waals surface area contributed by atoms with Gasteiger partial charge >= 0.3 is 12.1 Å². The first-order chi connectivity index (χ1) is 32.2. The Bertz CT molecular complexity index is 2550. The summed E-state index contributed by atoms with van der Waals surface area (Å²) in [6.45, 7) is 17.7. The maximum Gasteiger partial charge on any atom is 0.410 e. The van der Waals surface area contributed by atoms with Gasteiger partial charge in [-0.1, -0.05) is 136 Å². The molecule has 0 radical (unpaired) electrons. The Morgan fingerprint density at radius 2 is 1.42 bits per heavy atom. The van der Waals surface area contributed by atoms with Crippen molar-refractivity contribution in [3.8, 4) is 11.8 Å². The van der Waals surface area contributed by atoms with E-state index in [0.29, 0.717) is 58.4 Å². The Labute approximate surface area is 398 Å². The maximum absolute atomic E-state index is 13.8. The molecule has 8 rings (SSSR count). The molecule has 67 heavy (non-hydrogen) atoms. The van der Waals surface area contributed by atoms with Gasteiger partial charge in [-0.25, -0.2) is 4.79 Å². The van der Waals surface area contributed by atoms with Crippen LogP contribution in [0.2, 0.25) is 5.04 Å². The predicted octanol–water partition coefficient (Wildman–Crippen LogP) is 9.10. The van der Waals surface area contributed by atoms with Crippen molar-refractivity contribution in [2.45, 2.75) is 84.2 Å². The summed E-state index contributed by atoms with van der Waals surface area (Å²) in [7, 11) is 1.23. The predicted molar refractivity (Wildman–Crippen MR) is 273 cm³/mol. The highest BCUT2D eigenvalue weighted by atomic mass is 28.4. The summed E-state index contributed by atoms with van der Waals surface area (Å²) in [6, 6.07) is 44.9. The Morgan fingerprint density at radius 3 is 2.07 bits per heavy atom. The van der Waals surface area contributed by atoms with E-state index in [1.807, 2.05) is 58.0 Å². The lowest BCUT2D eigenvalue weighted by molar-refractivity contribution is 0.0207. The molecule has 0 unspecified atom stereocenters. The molecule has 0 N–H and O–H groups in total. The topological polar surface area (TPSA) is 92.7 Å². The van der Waals surface area contributed by atoms with Crippen LogP contribution in [0.25, 0.3) is 10.8 Å². The van der Waals surface area contributed by atoms with E-state index in [1.54, 1.807) is 0 Å². The van der Waals surface area contributed by atoms with Gasteiger partial charge in [0.2, 0.25) is 0 Å². The second kappa shape index (κ2) is 20.5. The van der Waals surface area contributed by atoms with E-state index in [9.17, 15) is 4.79 Å². The smallest absolute Gasteiger partial charge is 0.410 e. The van der Waals surface area contributed by atoms with E-state index in [2.05, 4.69) is 145 Å². The second-order valence-electron chi connectivity index (χ2n) is 20.1. The number of anilines is 2. The Morgan fingerprint density at radius 1 is 0.761 bits per heavy atom. The molecule has 352 valence electrons. The Kier molecular flexibility index (Phi) is 14.5. The molecule has 1 atom stereocenters. The molecular formula is C55H68N6O5Si. The van der Waals surface area contributed by atoms with Crippen molar-refractivity contribution >= 4 is 47.1 Å². The van der Waals surface area contributed by atoms with Gasteiger partial charge in [-0.15, -0.1) is 0 Å². The lowest BCUT2D eigenvalue weighted by Crippen LogP contribution is -2.67. The zero-order chi connectivity index (χ0) is 47.2. The van der Waals surface area contributed by atoms with Crippen LogP contribution in [0.1, 0.15) is 64.8 Å². The molecule has 0 bridgehead atoms. The molecule has 1 fully saturated rings. The molecule has 2 aliphatic heterocycles. The quantitative estimate of drug-likeness (QED) is 0.0930. The summed E-state index contributed by atoms with van der Waals surface area (Å²) in [5, 5.41) is 4.57. The van der Waals surface area contributed by atoms with Gasteiger partial charge in [0.1, 0.15) is 30.4 Å². The van der Waals surface area contributed by atoms with Crippen molar-refractivity contribution in [1.29, 1.82) is 0 Å². The van der Waals surface area contributed by atoms with Crippen LogP contribution in [0, 0.1) is 0 Å². The number of hydrogen-bond donors (Lipinski definition) is 0. The first kappa shape index (κ1) is 47.5. The number of benzene rings is 5. The molecule has 0 aliphatic carbocycles. The van der Waals surface area contributed by atoms with E-state index < -0.39 is 13.9 Å². The minimum atomic E-state index is -2.84. The minimum absolute atomic E-state index is 0.131. The fourth-order valence-electron chi connectivity index (χ4n) is 9.55. The van der Waals surface area contributed by atoms with Gasteiger partial charge in [0.15, 0.2) is 0 Å². The molecule has 1 amide bonds. The third-order valence-corrected chi connectivity index (χ3v) is 17.8. The number of fused-ring (bicyclic) bond motifs is 2. The van der Waals surface area contributed by atoms with E-state index in [1.165, 1.54) is 10.4 Å². The summed E-state index contributed by atoms with van der Waals surface area (Å²) in [5.41, 5.74) is 3.65. The molecule has 0 saturated carbocycles. The molecule has 2 aliphatic rings. The van der Waals surface area contributed by atoms with E-state index in [0.717, 1.165) is 64.4 Å². The van der Waals surface area contributed by atoms with Crippen LogP contribution in [0.15, 0.2) is 127 Å². The summed E-state index contributed by atoms with van der Waals surface area (Å²) in [6.07, 6.45) is 1.08. The molecule has 0 spiro atoms. The van der Waals surface area contributed by atoms with Crippen molar-refractivity contribution < 1.29 is 23.4 Å². The largest absolute Gasteiger partial charge is 0.489 e. The van der Waals surface area contributed by atoms with Crippen molar-refractivity contribution in [1.82, 2.24) is 19.8 Å². The van der Waals surface area contributed by atoms with Crippen LogP contribution in [0.4, 0.5) is 16.3 Å². The summed E-state index contributed by atoms with van der Waals surface area (Å²) in [5.74, 6) is 1.69. The minimum Gasteiger partial charge on any atom is -0.489 e. The number of likely N-dealkylation sites (N-methyl/N-ethyl adjacent to an activating group) is 1. The fourth-order valence-corrected chi connectivity index (χ4v) is 14.1. The van der Waals surface area contributed by atoms with E-state index in [4.69, 9.17) is 28.6 Å². The molecule has 1 aromatic heterocycles. The Balaban J connectivity index is 1.14. The third kappa shape index (κ3) is 11.1. The zero-order valence-electron chi connectivity index (χ0n) is 40.7. The number of hydrogen-bond acceptors (Lipinski definition) is 10. The molecule has 6 aromatic rings. The van der Waals surface area contributed by atoms with Crippen LogP contribution in [0.3, 0.4) is 0 Å². The van der Waals surface area contributed by atoms with Gasteiger partial charge in [-0.05, 0) is 80.1 Å². The van der Waals surface area contributed by atoms with Crippen LogP contribution in [-0.2, 0) is 28.7 Å². The highest BCUT2D eigenvalue weighted by molar-refractivity contribution is 6.99. The van der Waals surface area contributed by atoms with Crippen LogP contribution < -0.4 is 29.6 Å². The van der Waals surface area contributed by atoms with Crippen molar-refractivity contribution in [2.75, 3.05) is 69.8 Å². The monoisotopic (exact) mass is 921 g/mol. The molecule has 5 aromatic carbocycles. The highest BCUT2D eigenvalue weighted by Crippen LogP contribution is 2.40. The van der Waals surface area contributed by atoms with Crippen LogP contribution >= 0.6 is 0 Å². The Hall–Kier alpha value is -5.95. The summed E-state index contributed by atoms with van der Waals surface area (Å²) >= 11 is 0. The molecular weight excluding hydrogens is 853 g/mol. The van der Waals surface area contributed by atoms with Gasteiger partial charge in [0.05, 0.1) is 18.3 Å². The first-order valence-electron chi connectivity index (χ1n) is 23.8. The standard InChI is InChI=1S/C55H68N6O5Si/c1-54(2,3)66-53(62)60-31-32-61(43(38-60)29-34-65-67(55(4,5)6,45-23-14-10-15-24-45)46-25-16-11-17-26-46)51-48-28-30-59(39-49(48)56-52(57-51)63-35-33-58(7)8)50-37-44(36-42-22-18-19-27-47(42)50)64-40-41-20-12-9-13-21-41/h9-27,36-37,43H,28-35,38-40H2,1-8H3/t43-/m0/s1. The molecule has 1 saturated heterocycles. The highest BCUT2D eigenvalue weighted by Gasteiger charge is 2.50. The molecule has 3 heterocycles. The molecule has 12 heteroatoms. The molecule has 11 nitrogen and oxygen atoms in total. The number of ether oxygens (including phenoxy) is 3. The third-order valence-electron chi connectivity index (χ3n) is 12.8.